The lowest BCUT2D eigenvalue weighted by Crippen LogP contribution is -2.39. The van der Waals surface area contributed by atoms with Crippen LogP contribution >= 0.6 is 11.8 Å². The molecule has 1 saturated carbocycles. The number of carbonyl (C=O) groups excluding carboxylic acids is 1. The lowest BCUT2D eigenvalue weighted by molar-refractivity contribution is -0.122. The number of nitrogens with one attached hydrogen (secondary N) is 1. The highest BCUT2D eigenvalue weighted by Gasteiger charge is 2.28. The Hall–Kier alpha value is -1.00. The van der Waals surface area contributed by atoms with Crippen LogP contribution in [0.25, 0.3) is 0 Å². The van der Waals surface area contributed by atoms with Gasteiger partial charge < -0.3 is 11.1 Å². The van der Waals surface area contributed by atoms with E-state index in [-0.39, 0.29) is 11.9 Å². The largest absolute Gasteiger partial charge is 0.352 e. The quantitative estimate of drug-likeness (QED) is 0.847. The van der Waals surface area contributed by atoms with E-state index < -0.39 is 0 Å². The van der Waals surface area contributed by atoms with Gasteiger partial charge in [-0.05, 0) is 24.2 Å². The average molecular weight is 292 g/mol. The molecule has 1 aromatic rings. The van der Waals surface area contributed by atoms with Crippen LogP contribution in [0.2, 0.25) is 0 Å². The van der Waals surface area contributed by atoms with Crippen molar-refractivity contribution in [3.8, 4) is 0 Å². The van der Waals surface area contributed by atoms with Crippen LogP contribution in [0.15, 0.2) is 30.3 Å². The molecule has 3 nitrogen and oxygen atoms in total. The molecule has 1 aliphatic rings. The molecule has 2 rings (SSSR count). The lowest BCUT2D eigenvalue weighted by Gasteiger charge is -2.21. The van der Waals surface area contributed by atoms with Gasteiger partial charge >= 0.3 is 0 Å². The fraction of sp³-hybridized carbons (Fsp3) is 0.562. The summed E-state index contributed by atoms with van der Waals surface area (Å²) in [6.07, 6.45) is 3.90. The number of amides is 1. The van der Waals surface area contributed by atoms with Crippen molar-refractivity contribution in [1.82, 2.24) is 5.32 Å². The summed E-state index contributed by atoms with van der Waals surface area (Å²) in [6, 6.07) is 9.94. The number of hydrogen-bond donors (Lipinski definition) is 2. The standard InChI is InChI=1S/C16H24N2OS/c1-2-20-15-10-6-9-14(15)18-16(19)11-13(17)12-7-4-3-5-8-12/h3-5,7-8,13-15H,2,6,9-11,17H2,1H3,(H,18,19). The fourth-order valence-electron chi connectivity index (χ4n) is 2.79. The van der Waals surface area contributed by atoms with Gasteiger partial charge in [0.1, 0.15) is 0 Å². The normalized spacial score (nSPS) is 23.5. The first-order chi connectivity index (χ1) is 9.70. The van der Waals surface area contributed by atoms with Crippen LogP contribution in [0.5, 0.6) is 0 Å². The number of hydrogen-bond acceptors (Lipinski definition) is 3. The van der Waals surface area contributed by atoms with Crippen LogP contribution in [0, 0.1) is 0 Å². The number of benzene rings is 1. The molecule has 0 radical (unpaired) electrons. The van der Waals surface area contributed by atoms with E-state index in [4.69, 9.17) is 5.73 Å². The monoisotopic (exact) mass is 292 g/mol. The third-order valence-corrected chi connectivity index (χ3v) is 5.14. The summed E-state index contributed by atoms with van der Waals surface area (Å²) in [5.41, 5.74) is 7.12. The minimum Gasteiger partial charge on any atom is -0.352 e. The molecule has 0 saturated heterocycles. The van der Waals surface area contributed by atoms with Crippen molar-refractivity contribution in [2.75, 3.05) is 5.75 Å². The second-order valence-electron chi connectivity index (χ2n) is 5.32. The van der Waals surface area contributed by atoms with Gasteiger partial charge in [-0.15, -0.1) is 0 Å². The Morgan fingerprint density at radius 1 is 1.40 bits per heavy atom. The van der Waals surface area contributed by atoms with Crippen molar-refractivity contribution in [2.24, 2.45) is 5.73 Å². The van der Waals surface area contributed by atoms with Crippen LogP contribution in [0.1, 0.15) is 44.2 Å². The number of carbonyl (C=O) groups is 1. The summed E-state index contributed by atoms with van der Waals surface area (Å²) in [4.78, 5) is 12.1. The topological polar surface area (TPSA) is 55.1 Å². The van der Waals surface area contributed by atoms with Crippen LogP contribution in [0.4, 0.5) is 0 Å². The van der Waals surface area contributed by atoms with Crippen molar-refractivity contribution in [3.63, 3.8) is 0 Å². The first-order valence-electron chi connectivity index (χ1n) is 7.42. The van der Waals surface area contributed by atoms with E-state index in [0.29, 0.717) is 17.7 Å². The zero-order valence-electron chi connectivity index (χ0n) is 12.0. The van der Waals surface area contributed by atoms with Gasteiger partial charge in [0.05, 0.1) is 0 Å². The SMILES string of the molecule is CCSC1CCCC1NC(=O)CC(N)c1ccccc1. The van der Waals surface area contributed by atoms with Gasteiger partial charge in [-0.25, -0.2) is 0 Å². The van der Waals surface area contributed by atoms with E-state index >= 15 is 0 Å². The Morgan fingerprint density at radius 3 is 2.85 bits per heavy atom. The Labute approximate surface area is 125 Å². The maximum absolute atomic E-state index is 12.1. The van der Waals surface area contributed by atoms with E-state index in [2.05, 4.69) is 12.2 Å². The van der Waals surface area contributed by atoms with Gasteiger partial charge in [-0.1, -0.05) is 43.7 Å². The minimum absolute atomic E-state index is 0.0787. The Morgan fingerprint density at radius 2 is 2.15 bits per heavy atom. The summed E-state index contributed by atoms with van der Waals surface area (Å²) >= 11 is 1.96. The molecule has 0 heterocycles. The van der Waals surface area contributed by atoms with Gasteiger partial charge in [0.2, 0.25) is 5.91 Å². The van der Waals surface area contributed by atoms with Crippen LogP contribution in [0.3, 0.4) is 0 Å². The molecule has 4 heteroatoms. The molecule has 1 aromatic carbocycles. The molecule has 0 spiro atoms. The molecule has 20 heavy (non-hydrogen) atoms. The Kier molecular flexibility index (Phi) is 5.92. The zero-order valence-corrected chi connectivity index (χ0v) is 12.9. The molecular formula is C16H24N2OS. The predicted molar refractivity (Wildman–Crippen MR) is 85.7 cm³/mol. The molecule has 0 bridgehead atoms. The summed E-state index contributed by atoms with van der Waals surface area (Å²) in [5.74, 6) is 1.19. The number of nitrogens with two attached hydrogens (primary N) is 1. The molecule has 3 atom stereocenters. The summed E-state index contributed by atoms with van der Waals surface area (Å²) < 4.78 is 0. The molecule has 1 aliphatic carbocycles. The molecule has 0 aliphatic heterocycles. The van der Waals surface area contributed by atoms with E-state index in [1.54, 1.807) is 0 Å². The average Bonchev–Trinajstić information content (AvgIpc) is 2.87. The van der Waals surface area contributed by atoms with Crippen LogP contribution in [-0.2, 0) is 4.79 Å². The highest BCUT2D eigenvalue weighted by atomic mass is 32.2. The third-order valence-electron chi connectivity index (χ3n) is 3.81. The van der Waals surface area contributed by atoms with E-state index in [1.807, 2.05) is 42.1 Å². The first-order valence-corrected chi connectivity index (χ1v) is 8.47. The molecule has 110 valence electrons. The van der Waals surface area contributed by atoms with E-state index in [9.17, 15) is 4.79 Å². The Bertz CT molecular complexity index is 424. The minimum atomic E-state index is -0.213. The second-order valence-corrected chi connectivity index (χ2v) is 6.84. The smallest absolute Gasteiger partial charge is 0.222 e. The maximum Gasteiger partial charge on any atom is 0.222 e. The molecule has 1 amide bonds. The van der Waals surface area contributed by atoms with E-state index in [0.717, 1.165) is 17.7 Å². The Balaban J connectivity index is 1.83. The van der Waals surface area contributed by atoms with Crippen molar-refractivity contribution < 1.29 is 4.79 Å². The number of rotatable bonds is 6. The zero-order chi connectivity index (χ0) is 14.4. The van der Waals surface area contributed by atoms with Gasteiger partial charge in [0.15, 0.2) is 0 Å². The van der Waals surface area contributed by atoms with Crippen LogP contribution < -0.4 is 11.1 Å². The van der Waals surface area contributed by atoms with Crippen molar-refractivity contribution in [3.05, 3.63) is 35.9 Å². The molecular weight excluding hydrogens is 268 g/mol. The molecule has 3 unspecified atom stereocenters. The van der Waals surface area contributed by atoms with Crippen molar-refractivity contribution >= 4 is 17.7 Å². The van der Waals surface area contributed by atoms with E-state index in [1.165, 1.54) is 12.8 Å². The van der Waals surface area contributed by atoms with Gasteiger partial charge in [-0.3, -0.25) is 4.79 Å². The summed E-state index contributed by atoms with van der Waals surface area (Å²) in [5, 5.41) is 3.76. The maximum atomic E-state index is 12.1. The molecule has 1 fully saturated rings. The summed E-state index contributed by atoms with van der Waals surface area (Å²) in [7, 11) is 0. The number of thioether (sulfide) groups is 1. The molecule has 0 aromatic heterocycles. The first kappa shape index (κ1) is 15.4. The fourth-order valence-corrected chi connectivity index (χ4v) is 3.99. The predicted octanol–water partition coefficient (Wildman–Crippen LogP) is 2.87. The lowest BCUT2D eigenvalue weighted by atomic mass is 10.0. The van der Waals surface area contributed by atoms with Crippen LogP contribution in [-0.4, -0.2) is 23.0 Å². The van der Waals surface area contributed by atoms with Crippen molar-refractivity contribution in [1.29, 1.82) is 0 Å². The van der Waals surface area contributed by atoms with Gasteiger partial charge in [-0.2, -0.15) is 11.8 Å². The third kappa shape index (κ3) is 4.25. The highest BCUT2D eigenvalue weighted by molar-refractivity contribution is 7.99. The summed E-state index contributed by atoms with van der Waals surface area (Å²) in [6.45, 7) is 2.17. The second kappa shape index (κ2) is 7.70. The van der Waals surface area contributed by atoms with Gasteiger partial charge in [0, 0.05) is 23.8 Å². The molecule has 3 N–H and O–H groups in total. The highest BCUT2D eigenvalue weighted by Crippen LogP contribution is 2.30. The van der Waals surface area contributed by atoms with Gasteiger partial charge in [0.25, 0.3) is 0 Å². The van der Waals surface area contributed by atoms with Crippen molar-refractivity contribution in [2.45, 2.75) is 49.9 Å².